The number of nitrogens with zero attached hydrogens (tertiary/aromatic N) is 3. The quantitative estimate of drug-likeness (QED) is 0.862. The molecule has 2 aromatic rings. The Kier molecular flexibility index (Phi) is 5.88. The van der Waals surface area contributed by atoms with Gasteiger partial charge in [0.25, 0.3) is 5.88 Å². The van der Waals surface area contributed by atoms with Crippen molar-refractivity contribution in [1.29, 1.82) is 0 Å². The van der Waals surface area contributed by atoms with Crippen molar-refractivity contribution in [3.8, 4) is 5.88 Å². The summed E-state index contributed by atoms with van der Waals surface area (Å²) in [5.74, 6) is 1.34. The Labute approximate surface area is 153 Å². The van der Waals surface area contributed by atoms with Crippen LogP contribution in [0.15, 0.2) is 42.7 Å². The summed E-state index contributed by atoms with van der Waals surface area (Å²) in [6.07, 6.45) is 5.06. The van der Waals surface area contributed by atoms with Gasteiger partial charge in [-0.05, 0) is 38.8 Å². The third kappa shape index (κ3) is 4.84. The number of hydrogen-bond donors (Lipinski definition) is 2. The number of aromatic nitrogens is 2. The minimum atomic E-state index is -0.169. The van der Waals surface area contributed by atoms with Crippen LogP contribution in [0.4, 0.5) is 16.3 Å². The van der Waals surface area contributed by atoms with Crippen LogP contribution >= 0.6 is 0 Å². The molecule has 2 heterocycles. The molecule has 1 aliphatic heterocycles. The standard InChI is InChI=1S/C19H25N5O2/c1-14(2)26-18-17(20-10-11-21-18)24-12-8-16(9-13-24)23-19(25)22-15-6-4-3-5-7-15/h3-7,10-11,14,16H,8-9,12-13H2,1-2H3,(H2,22,23,25). The highest BCUT2D eigenvalue weighted by Crippen LogP contribution is 2.26. The van der Waals surface area contributed by atoms with Crippen LogP contribution in [0.3, 0.4) is 0 Å². The zero-order chi connectivity index (χ0) is 18.4. The number of carbonyl (C=O) groups excluding carboxylic acids is 1. The van der Waals surface area contributed by atoms with E-state index in [1.807, 2.05) is 44.2 Å². The average Bonchev–Trinajstić information content (AvgIpc) is 2.63. The number of anilines is 2. The maximum atomic E-state index is 12.1. The van der Waals surface area contributed by atoms with Crippen LogP contribution in [0.1, 0.15) is 26.7 Å². The Morgan fingerprint density at radius 2 is 1.85 bits per heavy atom. The SMILES string of the molecule is CC(C)Oc1nccnc1N1CCC(NC(=O)Nc2ccccc2)CC1. The van der Waals surface area contributed by atoms with E-state index < -0.39 is 0 Å². The average molecular weight is 355 g/mol. The van der Waals surface area contributed by atoms with Gasteiger partial charge in [-0.15, -0.1) is 0 Å². The van der Waals surface area contributed by atoms with Gasteiger partial charge in [-0.1, -0.05) is 18.2 Å². The number of nitrogens with one attached hydrogen (secondary N) is 2. The molecule has 0 saturated carbocycles. The van der Waals surface area contributed by atoms with Crippen LogP contribution in [0.2, 0.25) is 0 Å². The van der Waals surface area contributed by atoms with Gasteiger partial charge in [0.05, 0.1) is 6.10 Å². The summed E-state index contributed by atoms with van der Waals surface area (Å²) in [6.45, 7) is 5.53. The van der Waals surface area contributed by atoms with E-state index in [0.717, 1.165) is 37.4 Å². The zero-order valence-electron chi connectivity index (χ0n) is 15.2. The number of rotatable bonds is 5. The third-order valence-corrected chi connectivity index (χ3v) is 4.16. The van der Waals surface area contributed by atoms with Crippen LogP contribution in [0.25, 0.3) is 0 Å². The Bertz CT molecular complexity index is 715. The monoisotopic (exact) mass is 355 g/mol. The van der Waals surface area contributed by atoms with Crippen LogP contribution in [-0.4, -0.2) is 41.2 Å². The summed E-state index contributed by atoms with van der Waals surface area (Å²) >= 11 is 0. The predicted octanol–water partition coefficient (Wildman–Crippen LogP) is 3.05. The molecule has 2 N–H and O–H groups in total. The Hall–Kier alpha value is -2.83. The fraction of sp³-hybridized carbons (Fsp3) is 0.421. The van der Waals surface area contributed by atoms with Gasteiger partial charge in [-0.3, -0.25) is 0 Å². The lowest BCUT2D eigenvalue weighted by Gasteiger charge is -2.33. The number of ether oxygens (including phenoxy) is 1. The van der Waals surface area contributed by atoms with Gasteiger partial charge in [0.1, 0.15) is 0 Å². The highest BCUT2D eigenvalue weighted by atomic mass is 16.5. The van der Waals surface area contributed by atoms with Crippen molar-refractivity contribution in [2.45, 2.75) is 38.8 Å². The van der Waals surface area contributed by atoms with Gasteiger partial charge in [-0.2, -0.15) is 0 Å². The first-order valence-electron chi connectivity index (χ1n) is 8.97. The molecule has 7 nitrogen and oxygen atoms in total. The van der Waals surface area contributed by atoms with Crippen LogP contribution in [0.5, 0.6) is 5.88 Å². The highest BCUT2D eigenvalue weighted by Gasteiger charge is 2.24. The molecule has 2 amide bonds. The van der Waals surface area contributed by atoms with E-state index in [2.05, 4.69) is 25.5 Å². The number of para-hydroxylation sites is 1. The number of piperidine rings is 1. The molecular formula is C19H25N5O2. The topological polar surface area (TPSA) is 79.4 Å². The smallest absolute Gasteiger partial charge is 0.319 e. The normalized spacial score (nSPS) is 15.0. The van der Waals surface area contributed by atoms with Crippen molar-refractivity contribution in [2.75, 3.05) is 23.3 Å². The molecule has 1 aromatic carbocycles. The molecule has 0 atom stereocenters. The molecule has 7 heteroatoms. The molecule has 1 saturated heterocycles. The van der Waals surface area contributed by atoms with Crippen molar-refractivity contribution < 1.29 is 9.53 Å². The van der Waals surface area contributed by atoms with E-state index in [1.54, 1.807) is 12.4 Å². The number of benzene rings is 1. The Balaban J connectivity index is 1.52. The lowest BCUT2D eigenvalue weighted by atomic mass is 10.1. The van der Waals surface area contributed by atoms with Gasteiger partial charge in [-0.25, -0.2) is 14.8 Å². The van der Waals surface area contributed by atoms with Gasteiger partial charge in [0, 0.05) is 37.2 Å². The predicted molar refractivity (Wildman–Crippen MR) is 102 cm³/mol. The van der Waals surface area contributed by atoms with Gasteiger partial charge >= 0.3 is 6.03 Å². The van der Waals surface area contributed by atoms with Crippen molar-refractivity contribution in [1.82, 2.24) is 15.3 Å². The Morgan fingerprint density at radius 3 is 2.54 bits per heavy atom. The maximum Gasteiger partial charge on any atom is 0.319 e. The van der Waals surface area contributed by atoms with E-state index in [0.29, 0.717) is 5.88 Å². The number of hydrogen-bond acceptors (Lipinski definition) is 5. The molecule has 0 unspecified atom stereocenters. The maximum absolute atomic E-state index is 12.1. The summed E-state index contributed by atoms with van der Waals surface area (Å²) in [4.78, 5) is 23.0. The van der Waals surface area contributed by atoms with E-state index >= 15 is 0 Å². The van der Waals surface area contributed by atoms with Crippen molar-refractivity contribution in [3.63, 3.8) is 0 Å². The molecule has 3 rings (SSSR count). The van der Waals surface area contributed by atoms with Crippen LogP contribution < -0.4 is 20.3 Å². The number of amides is 2. The second-order valence-electron chi connectivity index (χ2n) is 6.58. The molecule has 26 heavy (non-hydrogen) atoms. The lowest BCUT2D eigenvalue weighted by molar-refractivity contribution is 0.231. The molecule has 0 spiro atoms. The lowest BCUT2D eigenvalue weighted by Crippen LogP contribution is -2.46. The molecule has 138 valence electrons. The molecule has 0 bridgehead atoms. The number of urea groups is 1. The Morgan fingerprint density at radius 1 is 1.15 bits per heavy atom. The zero-order valence-corrected chi connectivity index (χ0v) is 15.2. The van der Waals surface area contributed by atoms with Crippen molar-refractivity contribution in [3.05, 3.63) is 42.7 Å². The third-order valence-electron chi connectivity index (χ3n) is 4.16. The minimum Gasteiger partial charge on any atom is -0.472 e. The summed E-state index contributed by atoms with van der Waals surface area (Å²) in [7, 11) is 0. The first kappa shape index (κ1) is 18.0. The van der Waals surface area contributed by atoms with E-state index in [9.17, 15) is 4.79 Å². The van der Waals surface area contributed by atoms with Gasteiger partial charge in [0.2, 0.25) is 0 Å². The second-order valence-corrected chi connectivity index (χ2v) is 6.58. The minimum absolute atomic E-state index is 0.0475. The number of carbonyl (C=O) groups is 1. The molecule has 1 fully saturated rings. The molecule has 0 radical (unpaired) electrons. The summed E-state index contributed by atoms with van der Waals surface area (Å²) in [5.41, 5.74) is 0.789. The molecule has 1 aliphatic rings. The summed E-state index contributed by atoms with van der Waals surface area (Å²) < 4.78 is 5.76. The van der Waals surface area contributed by atoms with Crippen LogP contribution in [-0.2, 0) is 0 Å². The molecule has 0 aliphatic carbocycles. The molecule has 1 aromatic heterocycles. The highest BCUT2D eigenvalue weighted by molar-refractivity contribution is 5.89. The van der Waals surface area contributed by atoms with E-state index in [-0.39, 0.29) is 18.2 Å². The summed E-state index contributed by atoms with van der Waals surface area (Å²) in [5, 5.41) is 5.90. The largest absolute Gasteiger partial charge is 0.472 e. The van der Waals surface area contributed by atoms with Crippen LogP contribution in [0, 0.1) is 0 Å². The molecular weight excluding hydrogens is 330 g/mol. The first-order chi connectivity index (χ1) is 12.6. The first-order valence-corrected chi connectivity index (χ1v) is 8.97. The summed E-state index contributed by atoms with van der Waals surface area (Å²) in [6, 6.07) is 9.42. The van der Waals surface area contributed by atoms with Crippen molar-refractivity contribution >= 4 is 17.5 Å². The van der Waals surface area contributed by atoms with Crippen molar-refractivity contribution in [2.24, 2.45) is 0 Å². The van der Waals surface area contributed by atoms with Gasteiger partial charge in [0.15, 0.2) is 5.82 Å². The fourth-order valence-corrected chi connectivity index (χ4v) is 2.95. The second kappa shape index (κ2) is 8.51. The van der Waals surface area contributed by atoms with E-state index in [4.69, 9.17) is 4.74 Å². The fourth-order valence-electron chi connectivity index (χ4n) is 2.95. The van der Waals surface area contributed by atoms with Gasteiger partial charge < -0.3 is 20.3 Å². The van der Waals surface area contributed by atoms with E-state index in [1.165, 1.54) is 0 Å².